The van der Waals surface area contributed by atoms with Crippen molar-refractivity contribution in [1.29, 1.82) is 0 Å². The Morgan fingerprint density at radius 1 is 1.16 bits per heavy atom. The molecule has 10 heteroatoms. The SMILES string of the molecule is O=C(COc1ccc(Cl)c(F)c1)N[C@@H]1C[C@H](NC2CC(C(F)(F)F)CCN2)C2CC1C2. The van der Waals surface area contributed by atoms with Crippen LogP contribution in [0.4, 0.5) is 17.6 Å². The molecule has 3 N–H and O–H groups in total. The van der Waals surface area contributed by atoms with Gasteiger partial charge < -0.3 is 15.4 Å². The van der Waals surface area contributed by atoms with Gasteiger partial charge in [0.1, 0.15) is 11.6 Å². The monoisotopic (exact) mass is 463 g/mol. The molecule has 5 rings (SSSR count). The van der Waals surface area contributed by atoms with Crippen molar-refractivity contribution in [3.63, 3.8) is 0 Å². The van der Waals surface area contributed by atoms with E-state index in [0.29, 0.717) is 24.8 Å². The first-order valence-corrected chi connectivity index (χ1v) is 11.0. The van der Waals surface area contributed by atoms with Crippen molar-refractivity contribution in [2.45, 2.75) is 56.5 Å². The van der Waals surface area contributed by atoms with Crippen molar-refractivity contribution >= 4 is 17.5 Å². The number of fused-ring (bicyclic) bond motifs is 2. The lowest BCUT2D eigenvalue weighted by molar-refractivity contribution is -0.184. The molecule has 1 heterocycles. The van der Waals surface area contributed by atoms with E-state index in [-0.39, 0.29) is 54.4 Å². The van der Waals surface area contributed by atoms with Gasteiger partial charge in [0.2, 0.25) is 0 Å². The number of carbonyl (C=O) groups excluding carboxylic acids is 1. The first kappa shape index (κ1) is 22.6. The zero-order valence-corrected chi connectivity index (χ0v) is 17.6. The maximum absolute atomic E-state index is 13.5. The maximum atomic E-state index is 13.5. The smallest absolute Gasteiger partial charge is 0.391 e. The number of ether oxygens (including phenoxy) is 1. The van der Waals surface area contributed by atoms with Crippen LogP contribution in [-0.2, 0) is 4.79 Å². The van der Waals surface area contributed by atoms with Gasteiger partial charge in [0.25, 0.3) is 5.91 Å². The minimum Gasteiger partial charge on any atom is -0.484 e. The fraction of sp³-hybridized carbons (Fsp3) is 0.667. The Balaban J connectivity index is 1.26. The van der Waals surface area contributed by atoms with Crippen LogP contribution in [-0.4, -0.2) is 43.5 Å². The number of hydrogen-bond donors (Lipinski definition) is 3. The van der Waals surface area contributed by atoms with Crippen LogP contribution >= 0.6 is 11.6 Å². The quantitative estimate of drug-likeness (QED) is 0.564. The molecule has 4 atom stereocenters. The lowest BCUT2D eigenvalue weighted by Crippen LogP contribution is -2.63. The molecular formula is C21H26ClF4N3O2. The molecule has 1 saturated heterocycles. The minimum atomic E-state index is -4.17. The third-order valence-electron chi connectivity index (χ3n) is 6.75. The maximum Gasteiger partial charge on any atom is 0.391 e. The summed E-state index contributed by atoms with van der Waals surface area (Å²) in [6, 6.07) is 3.98. The molecule has 1 amide bonds. The van der Waals surface area contributed by atoms with Gasteiger partial charge in [-0.05, 0) is 62.6 Å². The van der Waals surface area contributed by atoms with Crippen LogP contribution in [0.15, 0.2) is 18.2 Å². The summed E-state index contributed by atoms with van der Waals surface area (Å²) in [5, 5.41) is 9.48. The molecule has 5 nitrogen and oxygen atoms in total. The summed E-state index contributed by atoms with van der Waals surface area (Å²) in [5.41, 5.74) is 0. The Hall–Kier alpha value is -1.58. The van der Waals surface area contributed by atoms with Gasteiger partial charge in [0.15, 0.2) is 6.61 Å². The van der Waals surface area contributed by atoms with Crippen LogP contribution < -0.4 is 20.7 Å². The number of amides is 1. The molecule has 172 valence electrons. The Morgan fingerprint density at radius 2 is 1.90 bits per heavy atom. The van der Waals surface area contributed by atoms with Crippen molar-refractivity contribution in [3.8, 4) is 5.75 Å². The normalized spacial score (nSPS) is 32.8. The van der Waals surface area contributed by atoms with Crippen LogP contribution in [0.5, 0.6) is 5.75 Å². The molecule has 31 heavy (non-hydrogen) atoms. The number of carbonyl (C=O) groups is 1. The van der Waals surface area contributed by atoms with Crippen molar-refractivity contribution < 1.29 is 27.1 Å². The summed E-state index contributed by atoms with van der Waals surface area (Å²) in [7, 11) is 0. The molecule has 0 radical (unpaired) electrons. The second kappa shape index (κ2) is 9.11. The van der Waals surface area contributed by atoms with E-state index in [2.05, 4.69) is 16.0 Å². The topological polar surface area (TPSA) is 62.4 Å². The Bertz CT molecular complexity index is 803. The fourth-order valence-corrected chi connectivity index (χ4v) is 5.09. The van der Waals surface area contributed by atoms with Crippen LogP contribution in [0.2, 0.25) is 5.02 Å². The molecule has 1 aromatic rings. The van der Waals surface area contributed by atoms with Crippen molar-refractivity contribution in [2.24, 2.45) is 17.8 Å². The highest BCUT2D eigenvalue weighted by atomic mass is 35.5. The molecule has 4 aliphatic rings. The molecule has 3 saturated carbocycles. The largest absolute Gasteiger partial charge is 0.484 e. The predicted molar refractivity (Wildman–Crippen MR) is 107 cm³/mol. The minimum absolute atomic E-state index is 0.0221. The molecule has 0 aromatic heterocycles. The fourth-order valence-electron chi connectivity index (χ4n) is 4.97. The van der Waals surface area contributed by atoms with Gasteiger partial charge in [-0.15, -0.1) is 0 Å². The lowest BCUT2D eigenvalue weighted by Gasteiger charge is -2.52. The van der Waals surface area contributed by atoms with Gasteiger partial charge in [0, 0.05) is 18.2 Å². The highest BCUT2D eigenvalue weighted by Gasteiger charge is 2.48. The van der Waals surface area contributed by atoms with Crippen LogP contribution in [0.25, 0.3) is 0 Å². The zero-order chi connectivity index (χ0) is 22.2. The van der Waals surface area contributed by atoms with Crippen LogP contribution in [0, 0.1) is 23.6 Å². The molecule has 3 aliphatic carbocycles. The summed E-state index contributed by atoms with van der Waals surface area (Å²) in [5.74, 6) is -1.19. The van der Waals surface area contributed by atoms with Crippen LogP contribution in [0.3, 0.4) is 0 Å². The molecule has 2 unspecified atom stereocenters. The average Bonchev–Trinajstić information content (AvgIpc) is 2.67. The van der Waals surface area contributed by atoms with Crippen molar-refractivity contribution in [2.75, 3.05) is 13.2 Å². The lowest BCUT2D eigenvalue weighted by atomic mass is 9.60. The van der Waals surface area contributed by atoms with E-state index < -0.39 is 17.9 Å². The van der Waals surface area contributed by atoms with E-state index in [0.717, 1.165) is 18.9 Å². The van der Waals surface area contributed by atoms with Gasteiger partial charge in [-0.2, -0.15) is 13.2 Å². The van der Waals surface area contributed by atoms with Crippen molar-refractivity contribution in [1.82, 2.24) is 16.0 Å². The first-order chi connectivity index (χ1) is 14.7. The number of halogens is 5. The summed E-state index contributed by atoms with van der Waals surface area (Å²) in [6.07, 6.45) is -1.84. The molecule has 1 aliphatic heterocycles. The summed E-state index contributed by atoms with van der Waals surface area (Å²) in [4.78, 5) is 12.3. The summed E-state index contributed by atoms with van der Waals surface area (Å²) >= 11 is 5.63. The molecule has 2 bridgehead atoms. The van der Waals surface area contributed by atoms with E-state index in [1.807, 2.05) is 0 Å². The molecular weight excluding hydrogens is 438 g/mol. The van der Waals surface area contributed by atoms with E-state index in [9.17, 15) is 22.4 Å². The number of piperidine rings is 1. The second-order valence-electron chi connectivity index (χ2n) is 8.81. The number of nitrogens with one attached hydrogen (secondary N) is 3. The summed E-state index contributed by atoms with van der Waals surface area (Å²) in [6.45, 7) is 0.0912. The standard InChI is InChI=1S/C21H26ClF4N3O2/c22-15-2-1-14(8-16(15)23)31-10-20(30)29-18-9-17(11-5-12(18)6-11)28-19-7-13(3-4-27-19)21(24,25)26/h1-2,8,11-13,17-19,27-28H,3-7,9-10H2,(H,29,30)/t11?,12?,13?,17-,18+,19?/m0/s1. The number of rotatable bonds is 6. The number of benzene rings is 1. The van der Waals surface area contributed by atoms with Gasteiger partial charge in [-0.1, -0.05) is 11.6 Å². The number of hydrogen-bond acceptors (Lipinski definition) is 4. The average molecular weight is 464 g/mol. The Kier molecular flexibility index (Phi) is 6.65. The van der Waals surface area contributed by atoms with Crippen LogP contribution in [0.1, 0.15) is 32.1 Å². The highest BCUT2D eigenvalue weighted by molar-refractivity contribution is 6.30. The highest BCUT2D eigenvalue weighted by Crippen LogP contribution is 2.46. The van der Waals surface area contributed by atoms with Gasteiger partial charge in [-0.3, -0.25) is 10.1 Å². The Morgan fingerprint density at radius 3 is 2.61 bits per heavy atom. The Labute approximate surface area is 183 Å². The molecule has 4 fully saturated rings. The third kappa shape index (κ3) is 5.43. The molecule has 1 aromatic carbocycles. The third-order valence-corrected chi connectivity index (χ3v) is 7.05. The van der Waals surface area contributed by atoms with Gasteiger partial charge in [-0.25, -0.2) is 4.39 Å². The predicted octanol–water partition coefficient (Wildman–Crippen LogP) is 3.62. The first-order valence-electron chi connectivity index (χ1n) is 10.6. The van der Waals surface area contributed by atoms with Gasteiger partial charge >= 0.3 is 6.18 Å². The van der Waals surface area contributed by atoms with E-state index in [1.165, 1.54) is 12.1 Å². The van der Waals surface area contributed by atoms with E-state index in [4.69, 9.17) is 16.3 Å². The molecule has 0 spiro atoms. The zero-order valence-electron chi connectivity index (χ0n) is 16.9. The second-order valence-corrected chi connectivity index (χ2v) is 9.22. The van der Waals surface area contributed by atoms with E-state index in [1.54, 1.807) is 0 Å². The summed E-state index contributed by atoms with van der Waals surface area (Å²) < 4.78 is 58.0. The number of alkyl halides is 3. The van der Waals surface area contributed by atoms with Crippen molar-refractivity contribution in [3.05, 3.63) is 29.0 Å². The van der Waals surface area contributed by atoms with E-state index >= 15 is 0 Å². The van der Waals surface area contributed by atoms with Gasteiger partial charge in [0.05, 0.1) is 17.1 Å².